The maximum Gasteiger partial charge on any atom is 0.293 e. The second-order valence-electron chi connectivity index (χ2n) is 7.09. The molecule has 1 aromatic heterocycles. The van der Waals surface area contributed by atoms with Crippen LogP contribution in [0.15, 0.2) is 70.0 Å². The molecule has 2 heterocycles. The Balaban J connectivity index is 1.52. The van der Waals surface area contributed by atoms with E-state index >= 15 is 0 Å². The quantitative estimate of drug-likeness (QED) is 0.394. The number of amides is 2. The molecule has 0 aliphatic carbocycles. The highest BCUT2D eigenvalue weighted by molar-refractivity contribution is 8.18. The van der Waals surface area contributed by atoms with Gasteiger partial charge in [-0.05, 0) is 43.3 Å². The van der Waals surface area contributed by atoms with Crippen LogP contribution in [-0.2, 0) is 11.3 Å². The summed E-state index contributed by atoms with van der Waals surface area (Å²) in [7, 11) is 0. The summed E-state index contributed by atoms with van der Waals surface area (Å²) >= 11 is 0.911. The number of imide groups is 1. The maximum absolute atomic E-state index is 12.7. The highest BCUT2D eigenvalue weighted by Crippen LogP contribution is 2.34. The molecule has 3 aromatic rings. The molecule has 4 rings (SSSR count). The van der Waals surface area contributed by atoms with Gasteiger partial charge in [0.05, 0.1) is 11.4 Å². The first kappa shape index (κ1) is 19.9. The van der Waals surface area contributed by atoms with Crippen LogP contribution < -0.4 is 0 Å². The highest BCUT2D eigenvalue weighted by atomic mass is 32.2. The van der Waals surface area contributed by atoms with Crippen LogP contribution in [0.1, 0.15) is 34.2 Å². The van der Waals surface area contributed by atoms with Crippen molar-refractivity contribution in [3.05, 3.63) is 88.0 Å². The highest BCUT2D eigenvalue weighted by Gasteiger charge is 2.35. The van der Waals surface area contributed by atoms with E-state index in [2.05, 4.69) is 0 Å². The predicted molar refractivity (Wildman–Crippen MR) is 117 cm³/mol. The molecule has 1 saturated heterocycles. The van der Waals surface area contributed by atoms with Gasteiger partial charge in [-0.3, -0.25) is 19.3 Å². The predicted octanol–water partition coefficient (Wildman–Crippen LogP) is 5.69. The van der Waals surface area contributed by atoms with Crippen LogP contribution in [0.25, 0.3) is 17.4 Å². The standard InChI is InChI=1S/C24H19NO4S/c1-15-4-3-5-17(12-15)14-25-23(27)22(30-24(25)28)13-20-10-11-21(29-20)19-8-6-18(7-9-19)16(2)26/h3-13H,14H2,1-2H3/b22-13-. The van der Waals surface area contributed by atoms with Crippen molar-refractivity contribution < 1.29 is 18.8 Å². The fraction of sp³-hybridized carbons (Fsp3) is 0.125. The van der Waals surface area contributed by atoms with E-state index in [0.29, 0.717) is 22.0 Å². The number of aryl methyl sites for hydroxylation is 1. The third-order valence-corrected chi connectivity index (χ3v) is 5.68. The van der Waals surface area contributed by atoms with Crippen molar-refractivity contribution in [1.82, 2.24) is 4.90 Å². The van der Waals surface area contributed by atoms with Crippen LogP contribution in [-0.4, -0.2) is 21.8 Å². The van der Waals surface area contributed by atoms with Gasteiger partial charge in [0.2, 0.25) is 0 Å². The zero-order valence-electron chi connectivity index (χ0n) is 16.5. The molecule has 0 N–H and O–H groups in total. The summed E-state index contributed by atoms with van der Waals surface area (Å²) in [6, 6.07) is 18.4. The summed E-state index contributed by atoms with van der Waals surface area (Å²) in [6.07, 6.45) is 1.59. The molecule has 0 bridgehead atoms. The summed E-state index contributed by atoms with van der Waals surface area (Å²) < 4.78 is 5.83. The molecular formula is C24H19NO4S. The van der Waals surface area contributed by atoms with E-state index in [9.17, 15) is 14.4 Å². The van der Waals surface area contributed by atoms with E-state index in [0.717, 1.165) is 28.5 Å². The minimum Gasteiger partial charge on any atom is -0.457 e. The number of Topliss-reactive ketones (excluding diaryl/α,β-unsaturated/α-hetero) is 1. The van der Waals surface area contributed by atoms with Crippen LogP contribution in [0.4, 0.5) is 4.79 Å². The molecule has 1 aliphatic rings. The number of nitrogens with zero attached hydrogens (tertiary/aromatic N) is 1. The van der Waals surface area contributed by atoms with Gasteiger partial charge in [-0.2, -0.15) is 0 Å². The van der Waals surface area contributed by atoms with E-state index in [1.165, 1.54) is 11.8 Å². The number of rotatable bonds is 5. The van der Waals surface area contributed by atoms with E-state index in [-0.39, 0.29) is 23.5 Å². The monoisotopic (exact) mass is 417 g/mol. The first-order valence-corrected chi connectivity index (χ1v) is 10.2. The molecule has 6 heteroatoms. The molecule has 5 nitrogen and oxygen atoms in total. The number of thioether (sulfide) groups is 1. The number of hydrogen-bond acceptors (Lipinski definition) is 5. The summed E-state index contributed by atoms with van der Waals surface area (Å²) in [6.45, 7) is 3.74. The zero-order valence-corrected chi connectivity index (χ0v) is 17.4. The third kappa shape index (κ3) is 4.14. The minimum atomic E-state index is -0.324. The number of benzene rings is 2. The third-order valence-electron chi connectivity index (χ3n) is 4.77. The Morgan fingerprint density at radius 2 is 1.83 bits per heavy atom. The van der Waals surface area contributed by atoms with E-state index in [1.54, 1.807) is 30.3 Å². The second kappa shape index (κ2) is 8.16. The van der Waals surface area contributed by atoms with Gasteiger partial charge in [0.15, 0.2) is 5.78 Å². The van der Waals surface area contributed by atoms with Gasteiger partial charge in [0.25, 0.3) is 11.1 Å². The Hall–Kier alpha value is -3.38. The Kier molecular flexibility index (Phi) is 5.42. The summed E-state index contributed by atoms with van der Waals surface area (Å²) in [5, 5.41) is -0.292. The van der Waals surface area contributed by atoms with Gasteiger partial charge >= 0.3 is 0 Å². The SMILES string of the molecule is CC(=O)c1ccc(-c2ccc(/C=C3\SC(=O)N(Cc4cccc(C)c4)C3=O)o2)cc1. The molecule has 1 aliphatic heterocycles. The average molecular weight is 417 g/mol. The first-order valence-electron chi connectivity index (χ1n) is 9.43. The van der Waals surface area contributed by atoms with Crippen molar-refractivity contribution in [3.63, 3.8) is 0 Å². The van der Waals surface area contributed by atoms with Gasteiger partial charge < -0.3 is 4.42 Å². The van der Waals surface area contributed by atoms with Crippen LogP contribution in [0.3, 0.4) is 0 Å². The van der Waals surface area contributed by atoms with Crippen molar-refractivity contribution in [3.8, 4) is 11.3 Å². The molecule has 30 heavy (non-hydrogen) atoms. The van der Waals surface area contributed by atoms with Crippen LogP contribution in [0.5, 0.6) is 0 Å². The van der Waals surface area contributed by atoms with Gasteiger partial charge in [-0.1, -0.05) is 54.1 Å². The average Bonchev–Trinajstić information content (AvgIpc) is 3.29. The normalized spacial score (nSPS) is 15.3. The van der Waals surface area contributed by atoms with Crippen LogP contribution >= 0.6 is 11.8 Å². The molecule has 2 aromatic carbocycles. The van der Waals surface area contributed by atoms with Crippen molar-refractivity contribution in [2.45, 2.75) is 20.4 Å². The smallest absolute Gasteiger partial charge is 0.293 e. The van der Waals surface area contributed by atoms with Crippen molar-refractivity contribution in [1.29, 1.82) is 0 Å². The molecule has 150 valence electrons. The zero-order chi connectivity index (χ0) is 21.3. The van der Waals surface area contributed by atoms with E-state index in [1.807, 2.05) is 43.3 Å². The summed E-state index contributed by atoms with van der Waals surface area (Å²) in [5.74, 6) is 0.787. The second-order valence-corrected chi connectivity index (χ2v) is 8.09. The van der Waals surface area contributed by atoms with Gasteiger partial charge in [-0.25, -0.2) is 0 Å². The topological polar surface area (TPSA) is 67.6 Å². The first-order chi connectivity index (χ1) is 14.4. The van der Waals surface area contributed by atoms with E-state index < -0.39 is 0 Å². The van der Waals surface area contributed by atoms with Gasteiger partial charge in [0, 0.05) is 17.2 Å². The fourth-order valence-electron chi connectivity index (χ4n) is 3.21. The minimum absolute atomic E-state index is 0.00284. The molecular weight excluding hydrogens is 398 g/mol. The summed E-state index contributed by atoms with van der Waals surface area (Å²) in [5.41, 5.74) is 3.45. The van der Waals surface area contributed by atoms with Crippen molar-refractivity contribution in [2.75, 3.05) is 0 Å². The molecule has 1 fully saturated rings. The van der Waals surface area contributed by atoms with Gasteiger partial charge in [0.1, 0.15) is 11.5 Å². The largest absolute Gasteiger partial charge is 0.457 e. The molecule has 0 radical (unpaired) electrons. The lowest BCUT2D eigenvalue weighted by molar-refractivity contribution is -0.123. The number of furan rings is 1. The Bertz CT molecular complexity index is 1170. The Morgan fingerprint density at radius 3 is 2.53 bits per heavy atom. The molecule has 0 spiro atoms. The van der Waals surface area contributed by atoms with Crippen LogP contribution in [0, 0.1) is 6.92 Å². The van der Waals surface area contributed by atoms with Crippen molar-refractivity contribution in [2.24, 2.45) is 0 Å². The molecule has 0 saturated carbocycles. The Morgan fingerprint density at radius 1 is 1.07 bits per heavy atom. The lowest BCUT2D eigenvalue weighted by Gasteiger charge is -2.12. The molecule has 0 atom stereocenters. The molecule has 0 unspecified atom stereocenters. The fourth-order valence-corrected chi connectivity index (χ4v) is 4.03. The van der Waals surface area contributed by atoms with E-state index in [4.69, 9.17) is 4.42 Å². The van der Waals surface area contributed by atoms with Crippen molar-refractivity contribution >= 4 is 34.8 Å². The Labute approximate surface area is 178 Å². The molecule has 2 amide bonds. The maximum atomic E-state index is 12.7. The van der Waals surface area contributed by atoms with Gasteiger partial charge in [-0.15, -0.1) is 0 Å². The number of carbonyl (C=O) groups is 3. The number of hydrogen-bond donors (Lipinski definition) is 0. The van der Waals surface area contributed by atoms with Crippen LogP contribution in [0.2, 0.25) is 0 Å². The lowest BCUT2D eigenvalue weighted by atomic mass is 10.1. The number of ketones is 1. The number of carbonyl (C=O) groups excluding carboxylic acids is 3. The lowest BCUT2D eigenvalue weighted by Crippen LogP contribution is -2.27. The summed E-state index contributed by atoms with van der Waals surface area (Å²) in [4.78, 5) is 38.1.